The fourth-order valence-corrected chi connectivity index (χ4v) is 3.62. The number of aromatic nitrogens is 2. The lowest BCUT2D eigenvalue weighted by Crippen LogP contribution is -2.37. The lowest BCUT2D eigenvalue weighted by molar-refractivity contribution is -0.145. The summed E-state index contributed by atoms with van der Waals surface area (Å²) in [6, 6.07) is 8.09. The Kier molecular flexibility index (Phi) is 10.6. The van der Waals surface area contributed by atoms with Crippen molar-refractivity contribution in [3.8, 4) is 11.5 Å². The summed E-state index contributed by atoms with van der Waals surface area (Å²) in [5.41, 5.74) is 1.32. The van der Waals surface area contributed by atoms with E-state index in [0.717, 1.165) is 44.7 Å². The Bertz CT molecular complexity index is 1190. The number of halogens is 2. The number of carboxylic acid groups (broad SMARTS) is 1. The number of rotatable bonds is 9. The summed E-state index contributed by atoms with van der Waals surface area (Å²) in [6.45, 7) is 6.20. The molecular weight excluding hydrogens is 507 g/mol. The van der Waals surface area contributed by atoms with Gasteiger partial charge in [0.15, 0.2) is 11.5 Å². The molecule has 0 saturated carbocycles. The number of anilines is 2. The molecule has 1 fully saturated rings. The molecule has 37 heavy (non-hydrogen) atoms. The number of hydrogen-bond donors (Lipinski definition) is 3. The second-order valence-electron chi connectivity index (χ2n) is 8.17. The zero-order valence-corrected chi connectivity index (χ0v) is 21.4. The van der Waals surface area contributed by atoms with E-state index in [4.69, 9.17) is 36.0 Å². The van der Waals surface area contributed by atoms with E-state index in [9.17, 15) is 9.18 Å². The molecule has 0 radical (unpaired) electrons. The first-order valence-electron chi connectivity index (χ1n) is 11.7. The smallest absolute Gasteiger partial charge is 0.332 e. The van der Waals surface area contributed by atoms with Crippen LogP contribution in [0.15, 0.2) is 36.7 Å². The highest BCUT2D eigenvalue weighted by molar-refractivity contribution is 6.31. The number of methoxy groups -OCH3 is 1. The molecule has 4 rings (SSSR count). The van der Waals surface area contributed by atoms with Crippen LogP contribution < -0.4 is 14.8 Å². The molecule has 3 N–H and O–H groups in total. The molecule has 0 spiro atoms. The largest absolute Gasteiger partial charge is 0.493 e. The Labute approximate surface area is 218 Å². The number of aliphatic hydroxyl groups is 1. The van der Waals surface area contributed by atoms with Crippen LogP contribution in [0, 0.1) is 5.82 Å². The number of aliphatic carboxylic acids is 1. The lowest BCUT2D eigenvalue weighted by Gasteiger charge is -2.26. The average molecular weight is 537 g/mol. The maximum absolute atomic E-state index is 13.5. The molecule has 1 aliphatic heterocycles. The summed E-state index contributed by atoms with van der Waals surface area (Å²) in [7, 11) is 1.60. The third-order valence-electron chi connectivity index (χ3n) is 5.44. The Morgan fingerprint density at radius 2 is 1.97 bits per heavy atom. The highest BCUT2D eigenvalue weighted by atomic mass is 35.5. The number of aliphatic hydroxyl groups excluding tert-OH is 1. The fraction of sp³-hybridized carbons (Fsp3) is 0.400. The molecule has 1 aliphatic rings. The maximum Gasteiger partial charge on any atom is 0.332 e. The molecule has 3 aromatic rings. The van der Waals surface area contributed by atoms with Crippen LogP contribution >= 0.6 is 11.6 Å². The van der Waals surface area contributed by atoms with Crippen LogP contribution in [0.2, 0.25) is 5.02 Å². The molecular formula is C25H30ClFN4O6. The van der Waals surface area contributed by atoms with Gasteiger partial charge in [0, 0.05) is 36.8 Å². The van der Waals surface area contributed by atoms with E-state index in [1.165, 1.54) is 25.4 Å². The predicted molar refractivity (Wildman–Crippen MR) is 137 cm³/mol. The number of benzene rings is 2. The van der Waals surface area contributed by atoms with E-state index in [1.807, 2.05) is 12.1 Å². The first-order valence-corrected chi connectivity index (χ1v) is 12.0. The Balaban J connectivity index is 0.000000568. The zero-order valence-electron chi connectivity index (χ0n) is 20.6. The van der Waals surface area contributed by atoms with E-state index < -0.39 is 17.9 Å². The molecule has 1 atom stereocenters. The molecule has 2 aromatic carbocycles. The van der Waals surface area contributed by atoms with Gasteiger partial charge in [-0.3, -0.25) is 4.90 Å². The predicted octanol–water partition coefficient (Wildman–Crippen LogP) is 3.73. The highest BCUT2D eigenvalue weighted by Gasteiger charge is 2.14. The van der Waals surface area contributed by atoms with Gasteiger partial charge in [0.25, 0.3) is 0 Å². The van der Waals surface area contributed by atoms with E-state index in [2.05, 4.69) is 20.2 Å². The van der Waals surface area contributed by atoms with Crippen molar-refractivity contribution in [2.45, 2.75) is 19.4 Å². The standard InChI is InChI=1S/C22H24ClFN4O3.C3H6O3/c1-29-20-13-19-16(12-21(20)31-8-2-5-28-6-9-30-10-7-28)22(26-14-25-19)27-15-3-4-18(24)17(23)11-15;1-2(4)3(5)6/h3-4,11-14H,2,5-10H2,1H3,(H,25,26,27);2,4H,1H3,(H,5,6). The van der Waals surface area contributed by atoms with Crippen LogP contribution in [-0.4, -0.2) is 83.7 Å². The third kappa shape index (κ3) is 8.39. The Hall–Kier alpha value is -3.25. The molecule has 0 bridgehead atoms. The van der Waals surface area contributed by atoms with Gasteiger partial charge in [0.1, 0.15) is 24.1 Å². The molecule has 200 valence electrons. The molecule has 2 heterocycles. The van der Waals surface area contributed by atoms with Crippen molar-refractivity contribution < 1.29 is 33.6 Å². The molecule has 1 aromatic heterocycles. The van der Waals surface area contributed by atoms with Crippen LogP contribution in [0.5, 0.6) is 11.5 Å². The minimum Gasteiger partial charge on any atom is -0.493 e. The van der Waals surface area contributed by atoms with Gasteiger partial charge in [-0.1, -0.05) is 11.6 Å². The van der Waals surface area contributed by atoms with Gasteiger partial charge in [0.2, 0.25) is 0 Å². The van der Waals surface area contributed by atoms with Crippen LogP contribution in [0.1, 0.15) is 13.3 Å². The first-order chi connectivity index (χ1) is 17.8. The summed E-state index contributed by atoms with van der Waals surface area (Å²) in [5, 5.41) is 19.7. The number of nitrogens with one attached hydrogen (secondary N) is 1. The number of morpholine rings is 1. The highest BCUT2D eigenvalue weighted by Crippen LogP contribution is 2.35. The number of nitrogens with zero attached hydrogens (tertiary/aromatic N) is 3. The van der Waals surface area contributed by atoms with Crippen molar-refractivity contribution in [1.82, 2.24) is 14.9 Å². The van der Waals surface area contributed by atoms with Crippen molar-refractivity contribution in [2.75, 3.05) is 51.9 Å². The first kappa shape index (κ1) is 28.3. The number of carbonyl (C=O) groups is 1. The van der Waals surface area contributed by atoms with E-state index in [1.54, 1.807) is 13.2 Å². The average Bonchev–Trinajstić information content (AvgIpc) is 2.89. The summed E-state index contributed by atoms with van der Waals surface area (Å²) < 4.78 is 30.4. The second kappa shape index (κ2) is 13.9. The van der Waals surface area contributed by atoms with E-state index in [-0.39, 0.29) is 5.02 Å². The summed E-state index contributed by atoms with van der Waals surface area (Å²) in [4.78, 5) is 20.5. The van der Waals surface area contributed by atoms with Gasteiger partial charge in [-0.2, -0.15) is 0 Å². The lowest BCUT2D eigenvalue weighted by atomic mass is 10.2. The molecule has 1 unspecified atom stereocenters. The van der Waals surface area contributed by atoms with Crippen LogP contribution in [0.4, 0.5) is 15.9 Å². The van der Waals surface area contributed by atoms with Crippen LogP contribution in [0.3, 0.4) is 0 Å². The molecule has 0 amide bonds. The van der Waals surface area contributed by atoms with Crippen molar-refractivity contribution in [3.63, 3.8) is 0 Å². The van der Waals surface area contributed by atoms with Gasteiger partial charge in [-0.05, 0) is 37.6 Å². The van der Waals surface area contributed by atoms with Gasteiger partial charge in [0.05, 0.1) is 37.5 Å². The molecule has 0 aliphatic carbocycles. The second-order valence-corrected chi connectivity index (χ2v) is 8.57. The SMILES string of the molecule is CC(O)C(=O)O.COc1cc2ncnc(Nc3ccc(F)c(Cl)c3)c2cc1OCCCN1CCOCC1. The van der Waals surface area contributed by atoms with E-state index >= 15 is 0 Å². The summed E-state index contributed by atoms with van der Waals surface area (Å²) in [6.07, 6.45) is 1.12. The molecule has 1 saturated heterocycles. The monoisotopic (exact) mass is 536 g/mol. The fourth-order valence-electron chi connectivity index (χ4n) is 3.44. The number of carboxylic acids is 1. The van der Waals surface area contributed by atoms with Crippen LogP contribution in [-0.2, 0) is 9.53 Å². The van der Waals surface area contributed by atoms with Gasteiger partial charge in [-0.25, -0.2) is 19.2 Å². The number of fused-ring (bicyclic) bond motifs is 1. The number of hydrogen-bond acceptors (Lipinski definition) is 9. The van der Waals surface area contributed by atoms with Crippen molar-refractivity contribution in [2.24, 2.45) is 0 Å². The topological polar surface area (TPSA) is 126 Å². The normalized spacial score (nSPS) is 14.4. The third-order valence-corrected chi connectivity index (χ3v) is 5.73. The Morgan fingerprint density at radius 1 is 1.24 bits per heavy atom. The molecule has 10 nitrogen and oxygen atoms in total. The molecule has 12 heteroatoms. The summed E-state index contributed by atoms with van der Waals surface area (Å²) in [5.74, 6) is 0.126. The van der Waals surface area contributed by atoms with Crippen molar-refractivity contribution in [1.29, 1.82) is 0 Å². The van der Waals surface area contributed by atoms with Gasteiger partial charge < -0.3 is 29.7 Å². The number of ether oxygens (including phenoxy) is 3. The van der Waals surface area contributed by atoms with Crippen LogP contribution in [0.25, 0.3) is 10.9 Å². The Morgan fingerprint density at radius 3 is 2.62 bits per heavy atom. The quantitative estimate of drug-likeness (QED) is 0.348. The maximum atomic E-state index is 13.5. The minimum atomic E-state index is -1.23. The van der Waals surface area contributed by atoms with Gasteiger partial charge >= 0.3 is 5.97 Å². The van der Waals surface area contributed by atoms with Crippen molar-refractivity contribution >= 4 is 40.0 Å². The van der Waals surface area contributed by atoms with E-state index in [0.29, 0.717) is 35.1 Å². The van der Waals surface area contributed by atoms with Crippen molar-refractivity contribution in [3.05, 3.63) is 47.5 Å². The summed E-state index contributed by atoms with van der Waals surface area (Å²) >= 11 is 5.90. The van der Waals surface area contributed by atoms with Gasteiger partial charge in [-0.15, -0.1) is 0 Å². The minimum absolute atomic E-state index is 0.0364. The zero-order chi connectivity index (χ0) is 26.8.